The number of carbonyl (C=O) groups excluding carboxylic acids is 3. The molecule has 0 saturated carbocycles. The van der Waals surface area contributed by atoms with Gasteiger partial charge in [0.25, 0.3) is 17.5 Å². The Hall–Kier alpha value is -5.26. The highest BCUT2D eigenvalue weighted by atomic mass is 16.6. The fourth-order valence-corrected chi connectivity index (χ4v) is 3.61. The molecule has 12 heteroatoms. The van der Waals surface area contributed by atoms with Gasteiger partial charge in [-0.25, -0.2) is 4.99 Å². The molecule has 0 spiro atoms. The van der Waals surface area contributed by atoms with E-state index in [1.807, 2.05) is 0 Å². The Morgan fingerprint density at radius 3 is 2.00 bits per heavy atom. The second kappa shape index (κ2) is 12.8. The number of rotatable bonds is 10. The van der Waals surface area contributed by atoms with E-state index in [2.05, 4.69) is 15.6 Å². The van der Waals surface area contributed by atoms with Crippen molar-refractivity contribution in [2.75, 3.05) is 14.1 Å². The van der Waals surface area contributed by atoms with Crippen LogP contribution in [0.1, 0.15) is 31.8 Å². The first kappa shape index (κ1) is 28.3. The van der Waals surface area contributed by atoms with Crippen molar-refractivity contribution in [3.05, 3.63) is 105 Å². The number of carbonyl (C=O) groups is 3. The summed E-state index contributed by atoms with van der Waals surface area (Å²) < 4.78 is 0. The molecule has 0 aliphatic heterocycles. The van der Waals surface area contributed by atoms with Crippen molar-refractivity contribution in [2.24, 2.45) is 16.5 Å². The van der Waals surface area contributed by atoms with Gasteiger partial charge in [0.1, 0.15) is 6.04 Å². The van der Waals surface area contributed by atoms with Gasteiger partial charge in [0.05, 0.1) is 10.6 Å². The molecule has 202 valence electrons. The Kier molecular flexibility index (Phi) is 9.30. The van der Waals surface area contributed by atoms with Gasteiger partial charge >= 0.3 is 0 Å². The van der Waals surface area contributed by atoms with Crippen LogP contribution in [0.15, 0.2) is 77.8 Å². The van der Waals surface area contributed by atoms with Crippen molar-refractivity contribution < 1.29 is 19.3 Å². The first-order valence-corrected chi connectivity index (χ1v) is 11.9. The standard InChI is InChI=1S/C27H29N7O5/c1-33(2)26(37)20-7-3-18(4-8-20)16-30-25(36)23(15-17-5-13-22(14-6-17)34(38)39)32-24(35)19-9-11-21(12-10-19)31-27(28)29/h3-14,23H,15-16H2,1-2H3,(H,30,36)(H,32,35)(H4,28,29,31)/t23-/m0/s1. The van der Waals surface area contributed by atoms with Crippen LogP contribution in [-0.4, -0.2) is 53.6 Å². The van der Waals surface area contributed by atoms with E-state index >= 15 is 0 Å². The second-order valence-electron chi connectivity index (χ2n) is 8.85. The molecule has 0 heterocycles. The third-order valence-corrected chi connectivity index (χ3v) is 5.67. The Morgan fingerprint density at radius 2 is 1.46 bits per heavy atom. The topological polar surface area (TPSA) is 186 Å². The Morgan fingerprint density at radius 1 is 0.897 bits per heavy atom. The first-order valence-electron chi connectivity index (χ1n) is 11.9. The van der Waals surface area contributed by atoms with Gasteiger partial charge in [-0.05, 0) is 47.5 Å². The van der Waals surface area contributed by atoms with E-state index in [0.29, 0.717) is 16.8 Å². The lowest BCUT2D eigenvalue weighted by Gasteiger charge is -2.19. The van der Waals surface area contributed by atoms with E-state index in [9.17, 15) is 24.5 Å². The minimum atomic E-state index is -0.981. The van der Waals surface area contributed by atoms with Gasteiger partial charge in [0.2, 0.25) is 5.91 Å². The maximum atomic E-state index is 13.2. The van der Waals surface area contributed by atoms with Crippen LogP contribution in [0.2, 0.25) is 0 Å². The number of nitrogens with zero attached hydrogens (tertiary/aromatic N) is 3. The molecule has 6 N–H and O–H groups in total. The first-order chi connectivity index (χ1) is 18.5. The van der Waals surface area contributed by atoms with E-state index in [1.165, 1.54) is 41.3 Å². The van der Waals surface area contributed by atoms with Gasteiger partial charge in [-0.15, -0.1) is 0 Å². The van der Waals surface area contributed by atoms with Gasteiger partial charge in [-0.3, -0.25) is 24.5 Å². The average Bonchev–Trinajstić information content (AvgIpc) is 2.91. The Labute approximate surface area is 224 Å². The van der Waals surface area contributed by atoms with Crippen molar-refractivity contribution >= 4 is 35.1 Å². The Balaban J connectivity index is 1.74. The molecule has 0 aromatic heterocycles. The lowest BCUT2D eigenvalue weighted by Crippen LogP contribution is -2.47. The van der Waals surface area contributed by atoms with Crippen LogP contribution < -0.4 is 22.1 Å². The number of nitro groups is 1. The molecule has 3 rings (SSSR count). The molecule has 0 unspecified atom stereocenters. The lowest BCUT2D eigenvalue weighted by molar-refractivity contribution is -0.384. The highest BCUT2D eigenvalue weighted by molar-refractivity contribution is 5.98. The number of hydrogen-bond acceptors (Lipinski definition) is 6. The predicted octanol–water partition coefficient (Wildman–Crippen LogP) is 1.86. The average molecular weight is 532 g/mol. The summed E-state index contributed by atoms with van der Waals surface area (Å²) in [5.74, 6) is -1.21. The fourth-order valence-electron chi connectivity index (χ4n) is 3.61. The monoisotopic (exact) mass is 531 g/mol. The van der Waals surface area contributed by atoms with Crippen LogP contribution in [-0.2, 0) is 17.8 Å². The second-order valence-corrected chi connectivity index (χ2v) is 8.85. The third kappa shape index (κ3) is 8.12. The lowest BCUT2D eigenvalue weighted by atomic mass is 10.0. The highest BCUT2D eigenvalue weighted by Gasteiger charge is 2.22. The number of benzene rings is 3. The van der Waals surface area contributed by atoms with Gasteiger partial charge in [-0.2, -0.15) is 0 Å². The highest BCUT2D eigenvalue weighted by Crippen LogP contribution is 2.15. The molecular formula is C27H29N7O5. The number of nitrogens with two attached hydrogens (primary N) is 2. The molecule has 0 radical (unpaired) electrons. The number of nitro benzene ring substituents is 1. The zero-order valence-electron chi connectivity index (χ0n) is 21.5. The molecule has 1 atom stereocenters. The number of non-ortho nitro benzene ring substituents is 1. The van der Waals surface area contributed by atoms with Crippen LogP contribution in [0.3, 0.4) is 0 Å². The van der Waals surface area contributed by atoms with Gasteiger partial charge in [0.15, 0.2) is 5.96 Å². The minimum absolute atomic E-state index is 0.0825. The van der Waals surface area contributed by atoms with Gasteiger partial charge in [0, 0.05) is 50.3 Å². The van der Waals surface area contributed by atoms with Crippen LogP contribution >= 0.6 is 0 Å². The molecule has 0 aliphatic rings. The van der Waals surface area contributed by atoms with Crippen molar-refractivity contribution in [2.45, 2.75) is 19.0 Å². The van der Waals surface area contributed by atoms with Gasteiger partial charge in [-0.1, -0.05) is 24.3 Å². The zero-order valence-corrected chi connectivity index (χ0v) is 21.5. The van der Waals surface area contributed by atoms with Gasteiger partial charge < -0.3 is 27.0 Å². The molecule has 39 heavy (non-hydrogen) atoms. The smallest absolute Gasteiger partial charge is 0.269 e. The largest absolute Gasteiger partial charge is 0.370 e. The van der Waals surface area contributed by atoms with Crippen LogP contribution in [0.5, 0.6) is 0 Å². The van der Waals surface area contributed by atoms with E-state index < -0.39 is 22.8 Å². The SMILES string of the molecule is CN(C)C(=O)c1ccc(CNC(=O)[C@H](Cc2ccc([N+](=O)[O-])cc2)NC(=O)c2ccc(N=C(N)N)cc2)cc1. The summed E-state index contributed by atoms with van der Waals surface area (Å²) in [6.07, 6.45) is 0.0952. The fraction of sp³-hybridized carbons (Fsp3) is 0.185. The predicted molar refractivity (Wildman–Crippen MR) is 146 cm³/mol. The molecule has 3 aromatic rings. The summed E-state index contributed by atoms with van der Waals surface area (Å²) >= 11 is 0. The molecule has 0 saturated heterocycles. The summed E-state index contributed by atoms with van der Waals surface area (Å²) in [5.41, 5.74) is 13.3. The quantitative estimate of drug-likeness (QED) is 0.133. The van der Waals surface area contributed by atoms with Crippen molar-refractivity contribution in [3.63, 3.8) is 0 Å². The van der Waals surface area contributed by atoms with Crippen molar-refractivity contribution in [1.82, 2.24) is 15.5 Å². The van der Waals surface area contributed by atoms with E-state index in [1.54, 1.807) is 50.5 Å². The van der Waals surface area contributed by atoms with Crippen molar-refractivity contribution in [1.29, 1.82) is 0 Å². The van der Waals surface area contributed by atoms with E-state index in [0.717, 1.165) is 5.56 Å². The maximum absolute atomic E-state index is 13.2. The molecule has 3 amide bonds. The summed E-state index contributed by atoms with van der Waals surface area (Å²) in [5, 5.41) is 16.5. The normalized spacial score (nSPS) is 11.1. The number of aliphatic imine (C=N–C) groups is 1. The van der Waals surface area contributed by atoms with Crippen molar-refractivity contribution in [3.8, 4) is 0 Å². The number of hydrogen-bond donors (Lipinski definition) is 4. The summed E-state index contributed by atoms with van der Waals surface area (Å²) in [6.45, 7) is 0.162. The number of amides is 3. The Bertz CT molecular complexity index is 1370. The summed E-state index contributed by atoms with van der Waals surface area (Å²) in [7, 11) is 3.32. The molecule has 0 aliphatic carbocycles. The third-order valence-electron chi connectivity index (χ3n) is 5.67. The summed E-state index contributed by atoms with van der Waals surface area (Å²) in [4.78, 5) is 54.1. The number of nitrogens with one attached hydrogen (secondary N) is 2. The maximum Gasteiger partial charge on any atom is 0.269 e. The van der Waals surface area contributed by atoms with E-state index in [4.69, 9.17) is 11.5 Å². The molecule has 0 bridgehead atoms. The van der Waals surface area contributed by atoms with Crippen LogP contribution in [0.4, 0.5) is 11.4 Å². The number of guanidine groups is 1. The zero-order chi connectivity index (χ0) is 28.5. The molecular weight excluding hydrogens is 502 g/mol. The van der Waals surface area contributed by atoms with E-state index in [-0.39, 0.29) is 36.1 Å². The minimum Gasteiger partial charge on any atom is -0.370 e. The van der Waals surface area contributed by atoms with Crippen LogP contribution in [0, 0.1) is 10.1 Å². The summed E-state index contributed by atoms with van der Waals surface area (Å²) in [6, 6.07) is 17.8. The van der Waals surface area contributed by atoms with Crippen LogP contribution in [0.25, 0.3) is 0 Å². The molecule has 12 nitrogen and oxygen atoms in total. The molecule has 3 aromatic carbocycles. The molecule has 0 fully saturated rings.